The molecule has 0 heterocycles. The Morgan fingerprint density at radius 1 is 1.54 bits per heavy atom. The molecule has 0 fully saturated rings. The van der Waals surface area contributed by atoms with Gasteiger partial charge in [-0.15, -0.1) is 0 Å². The Kier molecular flexibility index (Phi) is 2.74. The summed E-state index contributed by atoms with van der Waals surface area (Å²) in [5.41, 5.74) is 5.23. The largest absolute Gasteiger partial charge is 0.612 e. The maximum Gasteiger partial charge on any atom is 0.297 e. The van der Waals surface area contributed by atoms with Crippen LogP contribution in [0.15, 0.2) is 23.1 Å². The molecule has 13 heavy (non-hydrogen) atoms. The molecule has 5 nitrogen and oxygen atoms in total. The molecule has 0 amide bonds. The summed E-state index contributed by atoms with van der Waals surface area (Å²) < 4.78 is 11.0. The van der Waals surface area contributed by atoms with Crippen molar-refractivity contribution in [3.8, 4) is 0 Å². The van der Waals surface area contributed by atoms with Gasteiger partial charge in [0.25, 0.3) is 5.69 Å². The van der Waals surface area contributed by atoms with Gasteiger partial charge in [-0.25, -0.2) is 0 Å². The van der Waals surface area contributed by atoms with Crippen LogP contribution in [0.5, 0.6) is 0 Å². The first-order valence-electron chi connectivity index (χ1n) is 3.39. The van der Waals surface area contributed by atoms with E-state index in [0.29, 0.717) is 4.90 Å². The Labute approximate surface area is 77.9 Å². The molecule has 0 aliphatic carbocycles. The fourth-order valence-corrected chi connectivity index (χ4v) is 1.40. The lowest BCUT2D eigenvalue weighted by molar-refractivity contribution is -0.384. The number of nitro groups is 1. The molecule has 70 valence electrons. The topological polar surface area (TPSA) is 92.2 Å². The van der Waals surface area contributed by atoms with Gasteiger partial charge >= 0.3 is 0 Å². The number of nitro benzene ring substituents is 1. The summed E-state index contributed by atoms with van der Waals surface area (Å²) in [6, 6.07) is 4.12. The van der Waals surface area contributed by atoms with E-state index in [2.05, 4.69) is 0 Å². The highest BCUT2D eigenvalue weighted by Gasteiger charge is 2.15. The average Bonchev–Trinajstić information content (AvgIpc) is 2.04. The molecular weight excluding hydrogens is 192 g/mol. The third-order valence-corrected chi connectivity index (χ3v) is 2.45. The van der Waals surface area contributed by atoms with E-state index in [-0.39, 0.29) is 11.4 Å². The highest BCUT2D eigenvalue weighted by Crippen LogP contribution is 2.24. The SMILES string of the molecule is C[S+]([O-])c1ccc(N)c([N+](=O)[O-])c1. The molecule has 1 aromatic carbocycles. The first-order valence-corrected chi connectivity index (χ1v) is 4.95. The van der Waals surface area contributed by atoms with Gasteiger partial charge in [0.2, 0.25) is 0 Å². The van der Waals surface area contributed by atoms with E-state index < -0.39 is 16.1 Å². The van der Waals surface area contributed by atoms with Gasteiger partial charge in [0.15, 0.2) is 4.90 Å². The quantitative estimate of drug-likeness (QED) is 0.332. The summed E-state index contributed by atoms with van der Waals surface area (Å²) in [6.45, 7) is 0. The van der Waals surface area contributed by atoms with E-state index in [1.165, 1.54) is 24.5 Å². The highest BCUT2D eigenvalue weighted by atomic mass is 32.2. The van der Waals surface area contributed by atoms with Crippen molar-refractivity contribution in [1.29, 1.82) is 0 Å². The number of benzene rings is 1. The smallest absolute Gasteiger partial charge is 0.297 e. The van der Waals surface area contributed by atoms with Gasteiger partial charge in [0, 0.05) is 0 Å². The van der Waals surface area contributed by atoms with Gasteiger partial charge in [0.05, 0.1) is 11.0 Å². The van der Waals surface area contributed by atoms with E-state index in [9.17, 15) is 14.7 Å². The van der Waals surface area contributed by atoms with Crippen LogP contribution in [-0.4, -0.2) is 15.7 Å². The zero-order valence-electron chi connectivity index (χ0n) is 6.89. The van der Waals surface area contributed by atoms with Crippen molar-refractivity contribution in [2.45, 2.75) is 4.90 Å². The minimum Gasteiger partial charge on any atom is -0.612 e. The maximum atomic E-state index is 11.0. The van der Waals surface area contributed by atoms with Crippen LogP contribution in [0.2, 0.25) is 0 Å². The second-order valence-electron chi connectivity index (χ2n) is 2.43. The van der Waals surface area contributed by atoms with Crippen molar-refractivity contribution in [2.24, 2.45) is 0 Å². The Morgan fingerprint density at radius 3 is 2.62 bits per heavy atom. The lowest BCUT2D eigenvalue weighted by atomic mass is 10.3. The zero-order chi connectivity index (χ0) is 10.0. The molecule has 0 radical (unpaired) electrons. The maximum absolute atomic E-state index is 11.0. The molecule has 0 aromatic heterocycles. The van der Waals surface area contributed by atoms with Crippen molar-refractivity contribution >= 4 is 22.6 Å². The number of anilines is 1. The minimum absolute atomic E-state index is 0.0826. The van der Waals surface area contributed by atoms with Gasteiger partial charge < -0.3 is 10.3 Å². The molecule has 6 heteroatoms. The van der Waals surface area contributed by atoms with Crippen LogP contribution in [-0.2, 0) is 11.2 Å². The molecule has 0 saturated carbocycles. The van der Waals surface area contributed by atoms with Gasteiger partial charge in [0.1, 0.15) is 11.9 Å². The summed E-state index contributed by atoms with van der Waals surface area (Å²) in [4.78, 5) is 10.2. The van der Waals surface area contributed by atoms with E-state index in [4.69, 9.17) is 5.73 Å². The van der Waals surface area contributed by atoms with Crippen molar-refractivity contribution < 1.29 is 9.48 Å². The number of hydrogen-bond acceptors (Lipinski definition) is 4. The lowest BCUT2D eigenvalue weighted by Crippen LogP contribution is -2.01. The van der Waals surface area contributed by atoms with Crippen LogP contribution in [0.3, 0.4) is 0 Å². The minimum atomic E-state index is -1.22. The molecule has 0 saturated heterocycles. The predicted octanol–water partition coefficient (Wildman–Crippen LogP) is 0.914. The Bertz CT molecular complexity index is 341. The standard InChI is InChI=1S/C7H8N2O3S/c1-13(12)5-2-3-6(8)7(4-5)9(10)11/h2-4H,8H2,1H3. The van der Waals surface area contributed by atoms with Crippen LogP contribution in [0.1, 0.15) is 0 Å². The number of hydrogen-bond donors (Lipinski definition) is 1. The summed E-state index contributed by atoms with van der Waals surface area (Å²) in [6.07, 6.45) is 1.45. The molecular formula is C7H8N2O3S. The third-order valence-electron chi connectivity index (χ3n) is 1.53. The number of nitrogens with two attached hydrogens (primary N) is 1. The van der Waals surface area contributed by atoms with Crippen LogP contribution in [0.25, 0.3) is 0 Å². The second kappa shape index (κ2) is 3.63. The molecule has 1 unspecified atom stereocenters. The molecule has 1 rings (SSSR count). The van der Waals surface area contributed by atoms with Crippen molar-refractivity contribution in [2.75, 3.05) is 12.0 Å². The van der Waals surface area contributed by atoms with E-state index in [1.807, 2.05) is 0 Å². The first kappa shape index (κ1) is 9.82. The Morgan fingerprint density at radius 2 is 2.15 bits per heavy atom. The van der Waals surface area contributed by atoms with Gasteiger partial charge in [-0.3, -0.25) is 10.1 Å². The molecule has 2 N–H and O–H groups in total. The van der Waals surface area contributed by atoms with E-state index >= 15 is 0 Å². The fraction of sp³-hybridized carbons (Fsp3) is 0.143. The van der Waals surface area contributed by atoms with Crippen molar-refractivity contribution in [3.05, 3.63) is 28.3 Å². The number of nitrogen functional groups attached to an aromatic ring is 1. The summed E-state index contributed by atoms with van der Waals surface area (Å²) in [5.74, 6) is 0. The molecule has 0 aliphatic rings. The van der Waals surface area contributed by atoms with Gasteiger partial charge in [-0.05, 0) is 23.3 Å². The summed E-state index contributed by atoms with van der Waals surface area (Å²) in [7, 11) is 0. The second-order valence-corrected chi connectivity index (χ2v) is 3.81. The van der Waals surface area contributed by atoms with Crippen molar-refractivity contribution in [1.82, 2.24) is 0 Å². The molecule has 1 aromatic rings. The molecule has 1 atom stereocenters. The Hall–Kier alpha value is -1.27. The third kappa shape index (κ3) is 2.10. The van der Waals surface area contributed by atoms with Crippen LogP contribution >= 0.6 is 0 Å². The van der Waals surface area contributed by atoms with Crippen LogP contribution in [0, 0.1) is 10.1 Å². The zero-order valence-corrected chi connectivity index (χ0v) is 7.71. The average molecular weight is 200 g/mol. The summed E-state index contributed by atoms with van der Waals surface area (Å²) in [5, 5.41) is 10.4. The van der Waals surface area contributed by atoms with E-state index in [1.54, 1.807) is 0 Å². The van der Waals surface area contributed by atoms with Crippen LogP contribution < -0.4 is 5.73 Å². The van der Waals surface area contributed by atoms with E-state index in [0.717, 1.165) is 0 Å². The fourth-order valence-electron chi connectivity index (χ4n) is 0.860. The highest BCUT2D eigenvalue weighted by molar-refractivity contribution is 7.90. The molecule has 0 aliphatic heterocycles. The summed E-state index contributed by atoms with van der Waals surface area (Å²) >= 11 is -1.22. The number of rotatable bonds is 2. The first-order chi connectivity index (χ1) is 6.02. The van der Waals surface area contributed by atoms with Gasteiger partial charge in [-0.1, -0.05) is 0 Å². The lowest BCUT2D eigenvalue weighted by Gasteiger charge is -2.04. The predicted molar refractivity (Wildman–Crippen MR) is 49.8 cm³/mol. The van der Waals surface area contributed by atoms with Gasteiger partial charge in [-0.2, -0.15) is 0 Å². The Balaban J connectivity index is 3.19. The molecule has 0 spiro atoms. The monoisotopic (exact) mass is 200 g/mol. The molecule has 0 bridgehead atoms. The normalized spacial score (nSPS) is 12.5. The van der Waals surface area contributed by atoms with Crippen molar-refractivity contribution in [3.63, 3.8) is 0 Å². The van der Waals surface area contributed by atoms with Crippen LogP contribution in [0.4, 0.5) is 11.4 Å². The number of nitrogens with zero attached hydrogens (tertiary/aromatic N) is 1.